The van der Waals surface area contributed by atoms with Crippen LogP contribution in [-0.4, -0.2) is 39.7 Å². The summed E-state index contributed by atoms with van der Waals surface area (Å²) in [5.74, 6) is 0. The van der Waals surface area contributed by atoms with E-state index < -0.39 is 0 Å². The van der Waals surface area contributed by atoms with E-state index in [1.165, 1.54) is 30.9 Å². The Morgan fingerprint density at radius 3 is 3.14 bits per heavy atom. The first-order valence-electron chi connectivity index (χ1n) is 5.15. The van der Waals surface area contributed by atoms with Crippen molar-refractivity contribution in [3.8, 4) is 0 Å². The largest absolute Gasteiger partial charge is 0.311 e. The Hall–Kier alpha value is -0.520. The van der Waals surface area contributed by atoms with Crippen LogP contribution in [0.5, 0.6) is 0 Å². The maximum absolute atomic E-state index is 4.10. The summed E-state index contributed by atoms with van der Waals surface area (Å²) in [5, 5.41) is 9.70. The predicted octanol–water partition coefficient (Wildman–Crippen LogP) is 0.474. The van der Waals surface area contributed by atoms with Gasteiger partial charge in [-0.2, -0.15) is 0 Å². The number of piperidine rings is 2. The van der Waals surface area contributed by atoms with Crippen molar-refractivity contribution in [2.75, 3.05) is 13.1 Å². The molecule has 3 aliphatic rings. The van der Waals surface area contributed by atoms with E-state index in [0.29, 0.717) is 6.04 Å². The monoisotopic (exact) mass is 210 g/mol. The van der Waals surface area contributed by atoms with E-state index in [0.717, 1.165) is 24.8 Å². The molecular weight excluding hydrogens is 196 g/mol. The normalized spacial score (nSPS) is 32.3. The first-order valence-corrected chi connectivity index (χ1v) is 5.99. The highest BCUT2D eigenvalue weighted by Gasteiger charge is 2.33. The second-order valence-electron chi connectivity index (χ2n) is 4.16. The van der Waals surface area contributed by atoms with Crippen LogP contribution in [0.3, 0.4) is 0 Å². The van der Waals surface area contributed by atoms with Gasteiger partial charge in [-0.1, -0.05) is 4.49 Å². The first-order chi connectivity index (χ1) is 6.92. The minimum Gasteiger partial charge on any atom is -0.311 e. The summed E-state index contributed by atoms with van der Waals surface area (Å²) in [4.78, 5) is 2.54. The van der Waals surface area contributed by atoms with Crippen molar-refractivity contribution in [3.63, 3.8) is 0 Å². The third-order valence-electron chi connectivity index (χ3n) is 3.23. The Bertz CT molecular complexity index is 292. The van der Waals surface area contributed by atoms with Gasteiger partial charge in [-0.3, -0.25) is 4.90 Å². The number of nitrogens with one attached hydrogen (secondary N) is 1. The Morgan fingerprint density at radius 2 is 2.57 bits per heavy atom. The summed E-state index contributed by atoms with van der Waals surface area (Å²) in [6, 6.07) is 1.44. The Morgan fingerprint density at radius 1 is 1.57 bits per heavy atom. The molecule has 1 N–H and O–H groups in total. The molecule has 0 aromatic carbocycles. The fraction of sp³-hybridized carbons (Fsp3) is 0.778. The molecule has 4 rings (SSSR count). The summed E-state index contributed by atoms with van der Waals surface area (Å²) >= 11 is 1.44. The van der Waals surface area contributed by atoms with Crippen LogP contribution in [0.1, 0.15) is 18.5 Å². The van der Waals surface area contributed by atoms with E-state index in [-0.39, 0.29) is 0 Å². The van der Waals surface area contributed by atoms with Crippen LogP contribution in [0.4, 0.5) is 0 Å². The van der Waals surface area contributed by atoms with Crippen LogP contribution >= 0.6 is 11.5 Å². The third-order valence-corrected chi connectivity index (χ3v) is 3.79. The average Bonchev–Trinajstić information content (AvgIpc) is 2.72. The summed E-state index contributed by atoms with van der Waals surface area (Å²) in [6.07, 6.45) is 2.69. The number of nitrogens with zero attached hydrogens (tertiary/aromatic N) is 3. The van der Waals surface area contributed by atoms with Crippen LogP contribution in [0.25, 0.3) is 0 Å². The SMILES string of the molecule is c1snnc1CN1CC2CCC1CN2. The molecule has 2 atom stereocenters. The van der Waals surface area contributed by atoms with E-state index in [9.17, 15) is 0 Å². The molecule has 14 heavy (non-hydrogen) atoms. The smallest absolute Gasteiger partial charge is 0.0895 e. The molecule has 0 spiro atoms. The van der Waals surface area contributed by atoms with Crippen LogP contribution in [0.2, 0.25) is 0 Å². The number of hydrogen-bond acceptors (Lipinski definition) is 5. The maximum atomic E-state index is 4.10. The molecule has 2 unspecified atom stereocenters. The van der Waals surface area contributed by atoms with E-state index in [1.54, 1.807) is 0 Å². The van der Waals surface area contributed by atoms with E-state index in [1.807, 2.05) is 0 Å². The summed E-state index contributed by atoms with van der Waals surface area (Å²) in [6.45, 7) is 3.32. The van der Waals surface area contributed by atoms with Crippen molar-refractivity contribution in [3.05, 3.63) is 11.1 Å². The molecule has 0 amide bonds. The van der Waals surface area contributed by atoms with E-state index in [4.69, 9.17) is 0 Å². The molecule has 5 heteroatoms. The minimum atomic E-state index is 0.714. The molecule has 1 aromatic rings. The molecule has 2 bridgehead atoms. The number of fused-ring (bicyclic) bond motifs is 3. The van der Waals surface area contributed by atoms with Crippen LogP contribution in [0.15, 0.2) is 5.38 Å². The molecule has 1 aromatic heterocycles. The first kappa shape index (κ1) is 8.76. The van der Waals surface area contributed by atoms with Gasteiger partial charge < -0.3 is 5.32 Å². The molecule has 76 valence electrons. The predicted molar refractivity (Wildman–Crippen MR) is 55.1 cm³/mol. The maximum Gasteiger partial charge on any atom is 0.0895 e. The van der Waals surface area contributed by atoms with Crippen LogP contribution in [-0.2, 0) is 6.54 Å². The Balaban J connectivity index is 1.68. The number of hydrogen-bond donors (Lipinski definition) is 1. The van der Waals surface area contributed by atoms with Gasteiger partial charge in [0.25, 0.3) is 0 Å². The molecule has 3 aliphatic heterocycles. The zero-order valence-electron chi connectivity index (χ0n) is 8.02. The van der Waals surface area contributed by atoms with Crippen LogP contribution in [0, 0.1) is 0 Å². The summed E-state index contributed by atoms with van der Waals surface area (Å²) in [5.41, 5.74) is 1.13. The van der Waals surface area contributed by atoms with Crippen molar-refractivity contribution >= 4 is 11.5 Å². The molecule has 4 nitrogen and oxygen atoms in total. The van der Waals surface area contributed by atoms with Gasteiger partial charge in [0.1, 0.15) is 0 Å². The zero-order valence-corrected chi connectivity index (χ0v) is 8.83. The second-order valence-corrected chi connectivity index (χ2v) is 4.77. The van der Waals surface area contributed by atoms with E-state index in [2.05, 4.69) is 25.2 Å². The molecule has 0 radical (unpaired) electrons. The van der Waals surface area contributed by atoms with Crippen molar-refractivity contribution in [1.29, 1.82) is 0 Å². The van der Waals surface area contributed by atoms with Crippen molar-refractivity contribution < 1.29 is 0 Å². The highest BCUT2D eigenvalue weighted by atomic mass is 32.1. The van der Waals surface area contributed by atoms with Crippen LogP contribution < -0.4 is 5.32 Å². The lowest BCUT2D eigenvalue weighted by Gasteiger charge is -2.45. The number of aromatic nitrogens is 2. The Labute approximate surface area is 87.5 Å². The van der Waals surface area contributed by atoms with Gasteiger partial charge in [-0.15, -0.1) is 5.10 Å². The zero-order chi connectivity index (χ0) is 9.38. The van der Waals surface area contributed by atoms with Gasteiger partial charge in [0.2, 0.25) is 0 Å². The second kappa shape index (κ2) is 3.56. The summed E-state index contributed by atoms with van der Waals surface area (Å²) < 4.78 is 3.90. The fourth-order valence-electron chi connectivity index (χ4n) is 2.45. The van der Waals surface area contributed by atoms with Gasteiger partial charge >= 0.3 is 0 Å². The number of rotatable bonds is 2. The van der Waals surface area contributed by atoms with Gasteiger partial charge in [-0.25, -0.2) is 0 Å². The van der Waals surface area contributed by atoms with Gasteiger partial charge in [0.15, 0.2) is 0 Å². The average molecular weight is 210 g/mol. The van der Waals surface area contributed by atoms with Crippen molar-refractivity contribution in [2.24, 2.45) is 0 Å². The topological polar surface area (TPSA) is 41.1 Å². The fourth-order valence-corrected chi connectivity index (χ4v) is 2.90. The third kappa shape index (κ3) is 1.55. The molecule has 3 saturated heterocycles. The van der Waals surface area contributed by atoms with Gasteiger partial charge in [-0.05, 0) is 24.4 Å². The molecular formula is C9H14N4S. The van der Waals surface area contributed by atoms with Crippen molar-refractivity contribution in [1.82, 2.24) is 19.8 Å². The lowest BCUT2D eigenvalue weighted by atomic mass is 9.93. The standard InChI is InChI=1S/C9H14N4S/c1-2-9-3-10-7(1)4-13(9)5-8-6-14-12-11-8/h6-7,9-10H,1-5H2. The molecule has 3 fully saturated rings. The quantitative estimate of drug-likeness (QED) is 0.770. The minimum absolute atomic E-state index is 0.714. The van der Waals surface area contributed by atoms with Crippen molar-refractivity contribution in [2.45, 2.75) is 31.5 Å². The van der Waals surface area contributed by atoms with Gasteiger partial charge in [0, 0.05) is 37.1 Å². The highest BCUT2D eigenvalue weighted by Crippen LogP contribution is 2.23. The lowest BCUT2D eigenvalue weighted by Crippen LogP contribution is -2.60. The molecule has 0 saturated carbocycles. The molecule has 0 aliphatic carbocycles. The Kier molecular flexibility index (Phi) is 2.23. The lowest BCUT2D eigenvalue weighted by molar-refractivity contribution is 0.0674. The highest BCUT2D eigenvalue weighted by molar-refractivity contribution is 7.03. The van der Waals surface area contributed by atoms with E-state index >= 15 is 0 Å². The molecule has 4 heterocycles. The number of piperazine rings is 1. The summed E-state index contributed by atoms with van der Waals surface area (Å²) in [7, 11) is 0. The van der Waals surface area contributed by atoms with Gasteiger partial charge in [0.05, 0.1) is 5.69 Å².